The first kappa shape index (κ1) is 14.5. The number of rotatable bonds is 3. The molecule has 108 valence electrons. The minimum Gasteiger partial charge on any atom is -0.452 e. The first-order chi connectivity index (χ1) is 10.1. The van der Waals surface area contributed by atoms with Gasteiger partial charge < -0.3 is 10.1 Å². The summed E-state index contributed by atoms with van der Waals surface area (Å²) in [6.45, 7) is -0.518. The fourth-order valence-corrected chi connectivity index (χ4v) is 1.84. The minimum absolute atomic E-state index is 0.376. The van der Waals surface area contributed by atoms with E-state index in [0.29, 0.717) is 5.56 Å². The molecule has 0 saturated carbocycles. The molecule has 0 heterocycles. The maximum atomic E-state index is 12.0. The lowest BCUT2D eigenvalue weighted by Crippen LogP contribution is -2.39. The second-order valence-corrected chi connectivity index (χ2v) is 4.23. The summed E-state index contributed by atoms with van der Waals surface area (Å²) in [6, 6.07) is 12.0. The van der Waals surface area contributed by atoms with E-state index in [9.17, 15) is 14.4 Å². The van der Waals surface area contributed by atoms with Gasteiger partial charge in [-0.15, -0.1) is 0 Å². The largest absolute Gasteiger partial charge is 0.452 e. The van der Waals surface area contributed by atoms with Crippen LogP contribution in [0, 0.1) is 0 Å². The Labute approximate surface area is 121 Å². The number of nitrogens with one attached hydrogen (secondary N) is 2. The zero-order chi connectivity index (χ0) is 15.2. The van der Waals surface area contributed by atoms with E-state index in [4.69, 9.17) is 4.74 Å². The zero-order valence-electron chi connectivity index (χ0n) is 11.4. The molecular formula is C15H14N2O4. The molecule has 0 saturated heterocycles. The Hall–Kier alpha value is -2.89. The predicted octanol–water partition coefficient (Wildman–Crippen LogP) is 1.45. The topological polar surface area (TPSA) is 84.5 Å². The van der Waals surface area contributed by atoms with E-state index in [1.54, 1.807) is 18.2 Å². The summed E-state index contributed by atoms with van der Waals surface area (Å²) < 4.78 is 4.91. The van der Waals surface area contributed by atoms with Gasteiger partial charge in [0, 0.05) is 7.05 Å². The molecule has 2 rings (SSSR count). The van der Waals surface area contributed by atoms with Crippen molar-refractivity contribution in [2.45, 2.75) is 0 Å². The van der Waals surface area contributed by atoms with Crippen LogP contribution >= 0.6 is 0 Å². The van der Waals surface area contributed by atoms with Gasteiger partial charge in [0.05, 0.1) is 5.56 Å². The van der Waals surface area contributed by atoms with Crippen LogP contribution in [0.2, 0.25) is 0 Å². The lowest BCUT2D eigenvalue weighted by Gasteiger charge is -2.07. The second-order valence-electron chi connectivity index (χ2n) is 4.23. The van der Waals surface area contributed by atoms with Gasteiger partial charge in [-0.3, -0.25) is 10.1 Å². The lowest BCUT2D eigenvalue weighted by atomic mass is 10.1. The van der Waals surface area contributed by atoms with Gasteiger partial charge in [-0.1, -0.05) is 36.4 Å². The third kappa shape index (κ3) is 3.56. The van der Waals surface area contributed by atoms with E-state index in [1.807, 2.05) is 29.6 Å². The molecule has 0 bridgehead atoms. The van der Waals surface area contributed by atoms with Gasteiger partial charge in [0.2, 0.25) is 0 Å². The van der Waals surface area contributed by atoms with E-state index in [1.165, 1.54) is 7.05 Å². The van der Waals surface area contributed by atoms with Gasteiger partial charge in [-0.05, 0) is 16.8 Å². The molecule has 3 amide bonds. The molecule has 0 fully saturated rings. The highest BCUT2D eigenvalue weighted by atomic mass is 16.5. The van der Waals surface area contributed by atoms with Gasteiger partial charge in [0.1, 0.15) is 0 Å². The molecule has 0 aliphatic carbocycles. The Bertz CT molecular complexity index is 692. The number of urea groups is 1. The third-order valence-corrected chi connectivity index (χ3v) is 2.82. The Morgan fingerprint density at radius 2 is 1.76 bits per heavy atom. The number of fused-ring (bicyclic) bond motifs is 1. The van der Waals surface area contributed by atoms with Gasteiger partial charge >= 0.3 is 12.0 Å². The molecule has 2 aromatic carbocycles. The molecule has 0 aromatic heterocycles. The standard InChI is InChI=1S/C15H14N2O4/c1-16-15(20)17-13(18)9-21-14(19)12-8-4-6-10-5-2-3-7-11(10)12/h2-8H,9H2,1H3,(H2,16,17,18,20). The van der Waals surface area contributed by atoms with E-state index < -0.39 is 24.5 Å². The lowest BCUT2D eigenvalue weighted by molar-refractivity contribution is -0.123. The van der Waals surface area contributed by atoms with Crippen LogP contribution in [-0.2, 0) is 9.53 Å². The first-order valence-corrected chi connectivity index (χ1v) is 6.28. The number of amides is 3. The molecule has 0 unspecified atom stereocenters. The van der Waals surface area contributed by atoms with Gasteiger partial charge in [-0.2, -0.15) is 0 Å². The fraction of sp³-hybridized carbons (Fsp3) is 0.133. The average Bonchev–Trinajstić information content (AvgIpc) is 2.51. The maximum absolute atomic E-state index is 12.0. The van der Waals surface area contributed by atoms with Crippen LogP contribution in [0.25, 0.3) is 10.8 Å². The number of carbonyl (C=O) groups excluding carboxylic acids is 3. The third-order valence-electron chi connectivity index (χ3n) is 2.82. The number of hydrogen-bond acceptors (Lipinski definition) is 4. The Morgan fingerprint density at radius 3 is 2.52 bits per heavy atom. The van der Waals surface area contributed by atoms with E-state index in [2.05, 4.69) is 5.32 Å². The van der Waals surface area contributed by atoms with E-state index in [0.717, 1.165) is 10.8 Å². The second kappa shape index (κ2) is 6.51. The molecule has 2 N–H and O–H groups in total. The van der Waals surface area contributed by atoms with Crippen LogP contribution < -0.4 is 10.6 Å². The highest BCUT2D eigenvalue weighted by Crippen LogP contribution is 2.19. The van der Waals surface area contributed by atoms with Crippen molar-refractivity contribution < 1.29 is 19.1 Å². The van der Waals surface area contributed by atoms with Crippen LogP contribution in [0.3, 0.4) is 0 Å². The van der Waals surface area contributed by atoms with Crippen LogP contribution in [0.4, 0.5) is 4.79 Å². The number of benzene rings is 2. The molecule has 0 spiro atoms. The summed E-state index contributed by atoms with van der Waals surface area (Å²) in [5, 5.41) is 5.89. The van der Waals surface area contributed by atoms with Crippen LogP contribution in [0.5, 0.6) is 0 Å². The normalized spacial score (nSPS) is 9.95. The highest BCUT2D eigenvalue weighted by molar-refractivity contribution is 6.05. The molecule has 6 nitrogen and oxygen atoms in total. The quantitative estimate of drug-likeness (QED) is 0.836. The summed E-state index contributed by atoms with van der Waals surface area (Å²) in [5.74, 6) is -1.30. The van der Waals surface area contributed by atoms with Gasteiger partial charge in [-0.25, -0.2) is 9.59 Å². The van der Waals surface area contributed by atoms with Crippen molar-refractivity contribution in [1.82, 2.24) is 10.6 Å². The molecule has 2 aromatic rings. The van der Waals surface area contributed by atoms with Crippen molar-refractivity contribution in [3.05, 3.63) is 48.0 Å². The number of esters is 1. The number of ether oxygens (including phenoxy) is 1. The monoisotopic (exact) mass is 286 g/mol. The van der Waals surface area contributed by atoms with E-state index in [-0.39, 0.29) is 0 Å². The Morgan fingerprint density at radius 1 is 1.05 bits per heavy atom. The van der Waals surface area contributed by atoms with Crippen LogP contribution in [-0.4, -0.2) is 31.6 Å². The van der Waals surface area contributed by atoms with Gasteiger partial charge in [0.15, 0.2) is 6.61 Å². The molecule has 0 aliphatic heterocycles. The number of hydrogen-bond donors (Lipinski definition) is 2. The van der Waals surface area contributed by atoms with Gasteiger partial charge in [0.25, 0.3) is 5.91 Å². The van der Waals surface area contributed by atoms with Crippen molar-refractivity contribution in [2.75, 3.05) is 13.7 Å². The highest BCUT2D eigenvalue weighted by Gasteiger charge is 2.14. The zero-order valence-corrected chi connectivity index (χ0v) is 11.4. The molecule has 0 aliphatic rings. The number of carbonyl (C=O) groups is 3. The molecule has 0 atom stereocenters. The Kier molecular flexibility index (Phi) is 4.50. The smallest absolute Gasteiger partial charge is 0.339 e. The predicted molar refractivity (Wildman–Crippen MR) is 76.8 cm³/mol. The summed E-state index contributed by atoms with van der Waals surface area (Å²) in [4.78, 5) is 34.3. The fourth-order valence-electron chi connectivity index (χ4n) is 1.84. The molecular weight excluding hydrogens is 272 g/mol. The van der Waals surface area contributed by atoms with Crippen molar-refractivity contribution in [1.29, 1.82) is 0 Å². The summed E-state index contributed by atoms with van der Waals surface area (Å²) >= 11 is 0. The number of imide groups is 1. The van der Waals surface area contributed by atoms with Crippen molar-refractivity contribution in [3.8, 4) is 0 Å². The molecule has 0 radical (unpaired) electrons. The first-order valence-electron chi connectivity index (χ1n) is 6.28. The summed E-state index contributed by atoms with van der Waals surface area (Å²) in [7, 11) is 1.38. The molecule has 6 heteroatoms. The Balaban J connectivity index is 2.06. The van der Waals surface area contributed by atoms with E-state index >= 15 is 0 Å². The van der Waals surface area contributed by atoms with Crippen LogP contribution in [0.1, 0.15) is 10.4 Å². The van der Waals surface area contributed by atoms with Crippen molar-refractivity contribution >= 4 is 28.7 Å². The van der Waals surface area contributed by atoms with Crippen molar-refractivity contribution in [3.63, 3.8) is 0 Å². The summed E-state index contributed by atoms with van der Waals surface area (Å²) in [6.07, 6.45) is 0. The van der Waals surface area contributed by atoms with Crippen molar-refractivity contribution in [2.24, 2.45) is 0 Å². The summed E-state index contributed by atoms with van der Waals surface area (Å²) in [5.41, 5.74) is 0.376. The minimum atomic E-state index is -0.692. The average molecular weight is 286 g/mol. The maximum Gasteiger partial charge on any atom is 0.339 e. The SMILES string of the molecule is CNC(=O)NC(=O)COC(=O)c1cccc2ccccc12. The molecule has 21 heavy (non-hydrogen) atoms. The van der Waals surface area contributed by atoms with Crippen LogP contribution in [0.15, 0.2) is 42.5 Å².